The Morgan fingerprint density at radius 2 is 1.65 bits per heavy atom. The Bertz CT molecular complexity index is 1070. The van der Waals surface area contributed by atoms with Gasteiger partial charge in [-0.15, -0.1) is 0 Å². The number of carbonyl (C=O) groups is 2. The summed E-state index contributed by atoms with van der Waals surface area (Å²) >= 11 is 0. The van der Waals surface area contributed by atoms with Gasteiger partial charge in [0, 0.05) is 11.3 Å². The van der Waals surface area contributed by atoms with Crippen LogP contribution in [0.4, 0.5) is 16.2 Å². The fourth-order valence-corrected chi connectivity index (χ4v) is 5.56. The molecule has 0 aromatic heterocycles. The number of carbonyl (C=O) groups excluding carboxylic acids is 1. The van der Waals surface area contributed by atoms with Gasteiger partial charge in [0.15, 0.2) is 5.75 Å². The van der Waals surface area contributed by atoms with Crippen LogP contribution in [0.3, 0.4) is 0 Å². The van der Waals surface area contributed by atoms with E-state index in [-0.39, 0.29) is 12.5 Å². The van der Waals surface area contributed by atoms with Gasteiger partial charge in [-0.3, -0.25) is 9.69 Å². The number of anilines is 2. The summed E-state index contributed by atoms with van der Waals surface area (Å²) < 4.78 is 6.16. The smallest absolute Gasteiger partial charge is 0.326 e. The van der Waals surface area contributed by atoms with Crippen molar-refractivity contribution in [2.75, 3.05) is 23.4 Å². The zero-order chi connectivity index (χ0) is 29.2. The number of hydrogen-bond acceptors (Lipinski definition) is 3. The Labute approximate surface area is 241 Å². The lowest BCUT2D eigenvalue weighted by Crippen LogP contribution is -2.40. The molecule has 3 aliphatic rings. The summed E-state index contributed by atoms with van der Waals surface area (Å²) in [5.41, 5.74) is 3.95. The van der Waals surface area contributed by atoms with E-state index >= 15 is 0 Å². The molecule has 0 bridgehead atoms. The van der Waals surface area contributed by atoms with E-state index in [1.165, 1.54) is 50.5 Å². The summed E-state index contributed by atoms with van der Waals surface area (Å²) in [5.74, 6) is 2.34. The third kappa shape index (κ3) is 9.29. The van der Waals surface area contributed by atoms with Gasteiger partial charge < -0.3 is 15.2 Å². The maximum atomic E-state index is 13.1. The van der Waals surface area contributed by atoms with Crippen LogP contribution >= 0.6 is 0 Å². The Morgan fingerprint density at radius 1 is 0.950 bits per heavy atom. The second-order valence-corrected chi connectivity index (χ2v) is 9.57. The molecule has 1 unspecified atom stereocenters. The van der Waals surface area contributed by atoms with Crippen LogP contribution in [-0.2, 0) is 4.79 Å². The molecule has 218 valence electrons. The average molecular weight is 549 g/mol. The maximum absolute atomic E-state index is 13.1. The predicted octanol–water partition coefficient (Wildman–Crippen LogP) is 9.19. The van der Waals surface area contributed by atoms with E-state index in [2.05, 4.69) is 29.6 Å². The first-order valence-corrected chi connectivity index (χ1v) is 15.1. The third-order valence-electron chi connectivity index (χ3n) is 7.31. The minimum absolute atomic E-state index is 0.123. The molecule has 0 spiro atoms. The first-order chi connectivity index (χ1) is 19.7. The Kier molecular flexibility index (Phi) is 15.3. The van der Waals surface area contributed by atoms with E-state index in [1.807, 2.05) is 70.2 Å². The summed E-state index contributed by atoms with van der Waals surface area (Å²) in [6.07, 6.45) is 17.7. The monoisotopic (exact) mass is 548 g/mol. The normalized spacial score (nSPS) is 20.2. The zero-order valence-corrected chi connectivity index (χ0v) is 24.8. The van der Waals surface area contributed by atoms with Gasteiger partial charge in [0.25, 0.3) is 6.47 Å². The van der Waals surface area contributed by atoms with Crippen molar-refractivity contribution in [1.29, 1.82) is 0 Å². The standard InChI is InChI=1S/C29H34N2O2.2C2H6.CH2O2/c32-29(30-25-14-5-2-6-15-25)31-20-21-33-28-26(16-9-17-27(28)31)24-13-8-7-12-23(18-19-24)22-10-3-1-4-11-22;2*1-2;2-1-3/h2,5-6,9,13-19,22-23H,1,3-4,7-8,10-12,20-21H2,(H,30,32);2*1-2H3;1H,(H,2,3)/b19-18-,24-13+;;;. The van der Waals surface area contributed by atoms with Gasteiger partial charge in [-0.1, -0.05) is 95.5 Å². The van der Waals surface area contributed by atoms with Gasteiger partial charge >= 0.3 is 6.03 Å². The van der Waals surface area contributed by atoms with Crippen LogP contribution in [0.25, 0.3) is 5.57 Å². The molecule has 0 radical (unpaired) electrons. The fourth-order valence-electron chi connectivity index (χ4n) is 5.56. The molecule has 1 atom stereocenters. The van der Waals surface area contributed by atoms with Gasteiger partial charge in [-0.2, -0.15) is 0 Å². The lowest BCUT2D eigenvalue weighted by atomic mass is 9.77. The molecule has 1 saturated carbocycles. The molecule has 0 saturated heterocycles. The number of amides is 2. The van der Waals surface area contributed by atoms with Crippen molar-refractivity contribution >= 4 is 29.5 Å². The van der Waals surface area contributed by atoms with Crippen LogP contribution in [0.5, 0.6) is 5.75 Å². The van der Waals surface area contributed by atoms with Crippen LogP contribution in [0.15, 0.2) is 66.8 Å². The summed E-state index contributed by atoms with van der Waals surface area (Å²) in [6.45, 7) is 8.78. The Hall–Kier alpha value is -3.54. The van der Waals surface area contributed by atoms with Crippen LogP contribution in [0, 0.1) is 11.8 Å². The highest BCUT2D eigenvalue weighted by Crippen LogP contribution is 2.41. The number of para-hydroxylation sites is 2. The molecule has 6 heteroatoms. The van der Waals surface area contributed by atoms with Crippen molar-refractivity contribution < 1.29 is 19.4 Å². The molecular weight excluding hydrogens is 500 g/mol. The number of carboxylic acid groups (broad SMARTS) is 1. The molecule has 1 heterocycles. The number of fused-ring (bicyclic) bond motifs is 1. The summed E-state index contributed by atoms with van der Waals surface area (Å²) in [5, 5.41) is 9.90. The Morgan fingerprint density at radius 3 is 2.35 bits per heavy atom. The molecule has 2 N–H and O–H groups in total. The summed E-state index contributed by atoms with van der Waals surface area (Å²) in [6, 6.07) is 15.6. The number of ether oxygens (including phenoxy) is 1. The van der Waals surface area contributed by atoms with E-state index in [4.69, 9.17) is 14.6 Å². The van der Waals surface area contributed by atoms with Crippen molar-refractivity contribution in [3.05, 3.63) is 72.3 Å². The molecule has 1 aliphatic heterocycles. The number of allylic oxidation sites excluding steroid dienone is 4. The minimum atomic E-state index is -0.250. The number of urea groups is 1. The quantitative estimate of drug-likeness (QED) is 0.375. The maximum Gasteiger partial charge on any atom is 0.326 e. The third-order valence-corrected chi connectivity index (χ3v) is 7.31. The van der Waals surface area contributed by atoms with Crippen molar-refractivity contribution in [1.82, 2.24) is 0 Å². The first kappa shape index (κ1) is 32.7. The van der Waals surface area contributed by atoms with Crippen LogP contribution < -0.4 is 15.0 Å². The summed E-state index contributed by atoms with van der Waals surface area (Å²) in [7, 11) is 0. The molecule has 40 heavy (non-hydrogen) atoms. The van der Waals surface area contributed by atoms with E-state index in [0.717, 1.165) is 35.0 Å². The highest BCUT2D eigenvalue weighted by atomic mass is 16.5. The van der Waals surface area contributed by atoms with Crippen molar-refractivity contribution in [2.24, 2.45) is 11.8 Å². The highest BCUT2D eigenvalue weighted by molar-refractivity contribution is 6.03. The van der Waals surface area contributed by atoms with E-state index in [9.17, 15) is 4.79 Å². The van der Waals surface area contributed by atoms with Crippen LogP contribution in [0.1, 0.15) is 84.6 Å². The molecular formula is C34H48N2O4. The zero-order valence-electron chi connectivity index (χ0n) is 24.8. The van der Waals surface area contributed by atoms with Crippen LogP contribution in [0.2, 0.25) is 0 Å². The highest BCUT2D eigenvalue weighted by Gasteiger charge is 2.27. The van der Waals surface area contributed by atoms with Crippen molar-refractivity contribution in [3.8, 4) is 5.75 Å². The molecule has 6 nitrogen and oxygen atoms in total. The SMILES string of the molecule is CC.CC.O=C(Nc1ccccc1)N1CCOc2c(C3=C/CCCC(C4CCCCC4)/C=C\3)cccc21.O=CO. The lowest BCUT2D eigenvalue weighted by molar-refractivity contribution is -0.122. The molecule has 2 aromatic carbocycles. The molecule has 2 amide bonds. The van der Waals surface area contributed by atoms with Crippen molar-refractivity contribution in [2.45, 2.75) is 79.1 Å². The number of rotatable bonds is 3. The van der Waals surface area contributed by atoms with Crippen molar-refractivity contribution in [3.63, 3.8) is 0 Å². The Balaban J connectivity index is 0.000000737. The second-order valence-electron chi connectivity index (χ2n) is 9.57. The average Bonchev–Trinajstić information content (AvgIpc) is 3.00. The largest absolute Gasteiger partial charge is 0.489 e. The predicted molar refractivity (Wildman–Crippen MR) is 167 cm³/mol. The van der Waals surface area contributed by atoms with Gasteiger partial charge in [0.1, 0.15) is 6.61 Å². The van der Waals surface area contributed by atoms with Crippen LogP contribution in [-0.4, -0.2) is 30.8 Å². The molecule has 2 aromatic rings. The fraction of sp³-hybridized carbons (Fsp3) is 0.471. The van der Waals surface area contributed by atoms with Gasteiger partial charge in [-0.25, -0.2) is 4.79 Å². The minimum Gasteiger partial charge on any atom is -0.489 e. The number of nitrogens with one attached hydrogen (secondary N) is 1. The van der Waals surface area contributed by atoms with Gasteiger partial charge in [0.2, 0.25) is 0 Å². The topological polar surface area (TPSA) is 78.9 Å². The molecule has 5 rings (SSSR count). The summed E-state index contributed by atoms with van der Waals surface area (Å²) in [4.78, 5) is 23.2. The molecule has 2 aliphatic carbocycles. The van der Waals surface area contributed by atoms with E-state index < -0.39 is 0 Å². The first-order valence-electron chi connectivity index (χ1n) is 15.1. The van der Waals surface area contributed by atoms with E-state index in [0.29, 0.717) is 19.1 Å². The lowest BCUT2D eigenvalue weighted by Gasteiger charge is -2.31. The van der Waals surface area contributed by atoms with Gasteiger partial charge in [-0.05, 0) is 67.7 Å². The van der Waals surface area contributed by atoms with E-state index in [1.54, 1.807) is 4.90 Å². The molecule has 1 fully saturated rings. The number of benzene rings is 2. The number of hydrogen-bond donors (Lipinski definition) is 2. The number of nitrogens with zero attached hydrogens (tertiary/aromatic N) is 1. The van der Waals surface area contributed by atoms with Gasteiger partial charge in [0.05, 0.1) is 12.2 Å². The second kappa shape index (κ2) is 18.7.